The van der Waals surface area contributed by atoms with Crippen molar-refractivity contribution in [3.8, 4) is 11.9 Å². The fourth-order valence-corrected chi connectivity index (χ4v) is 5.74. The van der Waals surface area contributed by atoms with Crippen molar-refractivity contribution in [2.24, 2.45) is 5.92 Å². The van der Waals surface area contributed by atoms with E-state index in [2.05, 4.69) is 21.4 Å². The Bertz CT molecular complexity index is 1620. The van der Waals surface area contributed by atoms with Gasteiger partial charge < -0.3 is 24.1 Å². The quantitative estimate of drug-likeness (QED) is 0.308. The maximum absolute atomic E-state index is 14.3. The Kier molecular flexibility index (Phi) is 7.43. The Balaban J connectivity index is 1.11. The van der Waals surface area contributed by atoms with Crippen LogP contribution in [0.25, 0.3) is 11.2 Å². The van der Waals surface area contributed by atoms with Crippen LogP contribution in [-0.2, 0) is 24.4 Å². The number of aromatic amines is 1. The van der Waals surface area contributed by atoms with Gasteiger partial charge in [0.25, 0.3) is 0 Å². The number of hydrogen-bond donors (Lipinski definition) is 2. The van der Waals surface area contributed by atoms with E-state index in [-0.39, 0.29) is 29.9 Å². The largest absolute Gasteiger partial charge is 0.477 e. The molecule has 2 fully saturated rings. The monoisotopic (exact) mass is 558 g/mol. The first-order chi connectivity index (χ1) is 19.9. The third-order valence-electron chi connectivity index (χ3n) is 8.05. The van der Waals surface area contributed by atoms with E-state index in [0.717, 1.165) is 49.7 Å². The number of likely N-dealkylation sites (tertiary alicyclic amines) is 1. The number of benzene rings is 1. The second-order valence-corrected chi connectivity index (χ2v) is 10.9. The molecule has 3 aromatic heterocycles. The summed E-state index contributed by atoms with van der Waals surface area (Å²) in [5.41, 5.74) is 3.10. The minimum Gasteiger partial charge on any atom is -0.477 e. The molecule has 41 heavy (non-hydrogen) atoms. The number of pyridine rings is 1. The Morgan fingerprint density at radius 3 is 2.83 bits per heavy atom. The highest BCUT2D eigenvalue weighted by Gasteiger charge is 2.30. The van der Waals surface area contributed by atoms with E-state index in [1.165, 1.54) is 6.07 Å². The van der Waals surface area contributed by atoms with Gasteiger partial charge in [-0.05, 0) is 49.6 Å². The van der Waals surface area contributed by atoms with Gasteiger partial charge in [-0.2, -0.15) is 5.26 Å². The number of piperidine rings is 1. The Hall–Kier alpha value is -4.27. The van der Waals surface area contributed by atoms with Crippen molar-refractivity contribution in [1.82, 2.24) is 24.4 Å². The van der Waals surface area contributed by atoms with Crippen molar-refractivity contribution >= 4 is 17.1 Å². The lowest BCUT2D eigenvalue weighted by atomic mass is 9.84. The summed E-state index contributed by atoms with van der Waals surface area (Å²) in [4.78, 5) is 26.4. The van der Waals surface area contributed by atoms with Crippen molar-refractivity contribution in [3.63, 3.8) is 0 Å². The highest BCUT2D eigenvalue weighted by molar-refractivity contribution is 5.91. The summed E-state index contributed by atoms with van der Waals surface area (Å²) in [6.45, 7) is 6.01. The van der Waals surface area contributed by atoms with E-state index in [1.54, 1.807) is 24.3 Å². The van der Waals surface area contributed by atoms with E-state index < -0.39 is 11.8 Å². The molecule has 0 saturated carbocycles. The van der Waals surface area contributed by atoms with Gasteiger partial charge in [0, 0.05) is 36.4 Å². The van der Waals surface area contributed by atoms with Gasteiger partial charge in [-0.1, -0.05) is 19.1 Å². The van der Waals surface area contributed by atoms with Crippen LogP contribution >= 0.6 is 0 Å². The normalized spacial score (nSPS) is 21.0. The van der Waals surface area contributed by atoms with E-state index in [0.29, 0.717) is 36.0 Å². The predicted molar refractivity (Wildman–Crippen MR) is 147 cm³/mol. The number of rotatable bonds is 9. The molecule has 1 unspecified atom stereocenters. The molecule has 4 aromatic rings. The second kappa shape index (κ2) is 11.3. The molecule has 10 nitrogen and oxygen atoms in total. The van der Waals surface area contributed by atoms with Crippen LogP contribution in [-0.4, -0.2) is 61.3 Å². The molecule has 11 heteroatoms. The topological polar surface area (TPSA) is 129 Å². The molecule has 1 aromatic carbocycles. The molecule has 2 saturated heterocycles. The summed E-state index contributed by atoms with van der Waals surface area (Å²) in [5.74, 6) is 0.434. The van der Waals surface area contributed by atoms with Crippen LogP contribution in [0.15, 0.2) is 42.5 Å². The third kappa shape index (κ3) is 5.66. The molecule has 2 N–H and O–H groups in total. The summed E-state index contributed by atoms with van der Waals surface area (Å²) < 4.78 is 27.8. The second-order valence-electron chi connectivity index (χ2n) is 10.9. The number of nitrogens with zero attached hydrogens (tertiary/aromatic N) is 5. The molecule has 0 radical (unpaired) electrons. The van der Waals surface area contributed by atoms with Crippen molar-refractivity contribution in [1.29, 1.82) is 5.26 Å². The Morgan fingerprint density at radius 2 is 2.12 bits per heavy atom. The highest BCUT2D eigenvalue weighted by atomic mass is 19.1. The Labute approximate surface area is 236 Å². The van der Waals surface area contributed by atoms with E-state index >= 15 is 0 Å². The van der Waals surface area contributed by atoms with Gasteiger partial charge in [-0.25, -0.2) is 19.2 Å². The predicted octanol–water partition coefficient (Wildman–Crippen LogP) is 4.46. The van der Waals surface area contributed by atoms with Gasteiger partial charge in [0.15, 0.2) is 0 Å². The summed E-state index contributed by atoms with van der Waals surface area (Å²) in [6, 6.07) is 13.6. The average Bonchev–Trinajstić information content (AvgIpc) is 3.48. The number of aromatic carboxylic acids is 1. The number of carboxylic acid groups (broad SMARTS) is 1. The van der Waals surface area contributed by atoms with Crippen molar-refractivity contribution in [3.05, 3.63) is 76.6 Å². The zero-order valence-corrected chi connectivity index (χ0v) is 22.7. The molecule has 3 atom stereocenters. The summed E-state index contributed by atoms with van der Waals surface area (Å²) >= 11 is 0. The SMILES string of the molecule is C[C@@H]1CN(Cc2nc3cc(C(=O)O)[nH]c3n2C[C@@H]2CCO2)CCC1c1cccc(OCc2ccc(C#N)cc2F)n1. The lowest BCUT2D eigenvalue weighted by Crippen LogP contribution is -2.39. The smallest absolute Gasteiger partial charge is 0.352 e. The summed E-state index contributed by atoms with van der Waals surface area (Å²) in [6.07, 6.45) is 2.00. The lowest BCUT2D eigenvalue weighted by molar-refractivity contribution is -0.0593. The number of carboxylic acids is 1. The number of hydrogen-bond acceptors (Lipinski definition) is 7. The maximum Gasteiger partial charge on any atom is 0.352 e. The zero-order valence-electron chi connectivity index (χ0n) is 22.7. The highest BCUT2D eigenvalue weighted by Crippen LogP contribution is 2.33. The number of carbonyl (C=O) groups is 1. The molecule has 212 valence electrons. The van der Waals surface area contributed by atoms with Crippen LogP contribution in [0.5, 0.6) is 5.88 Å². The molecule has 0 aliphatic carbocycles. The molecular weight excluding hydrogens is 527 g/mol. The van der Waals surface area contributed by atoms with Crippen LogP contribution < -0.4 is 4.74 Å². The Morgan fingerprint density at radius 1 is 1.27 bits per heavy atom. The number of nitriles is 1. The summed E-state index contributed by atoms with van der Waals surface area (Å²) in [5, 5.41) is 18.3. The van der Waals surface area contributed by atoms with Gasteiger partial charge in [0.05, 0.1) is 30.8 Å². The number of halogens is 1. The standard InChI is InChI=1S/C30H31FN6O4/c1-18-14-36(16-27-33-25-12-26(30(38)39)35-29(25)37(27)15-21-8-10-40-21)9-7-22(18)24-3-2-4-28(34-24)41-17-20-6-5-19(13-32)11-23(20)31/h2-6,11-12,18,21-22,35H,7-10,14-17H2,1H3,(H,38,39)/t18-,21+,22?/m1/s1. The third-order valence-corrected chi connectivity index (χ3v) is 8.05. The molecule has 2 aliphatic rings. The number of fused-ring (bicyclic) bond motifs is 1. The molecule has 0 spiro atoms. The van der Waals surface area contributed by atoms with Gasteiger partial charge in [0.1, 0.15) is 35.1 Å². The molecular formula is C30H31FN6O4. The average molecular weight is 559 g/mol. The van der Waals surface area contributed by atoms with Crippen LogP contribution in [0.2, 0.25) is 0 Å². The number of ether oxygens (including phenoxy) is 2. The number of imidazole rings is 1. The van der Waals surface area contributed by atoms with E-state index in [4.69, 9.17) is 24.7 Å². The zero-order chi connectivity index (χ0) is 28.5. The number of H-pyrrole nitrogens is 1. The minimum absolute atomic E-state index is 0.0303. The maximum atomic E-state index is 14.3. The van der Waals surface area contributed by atoms with Crippen molar-refractivity contribution in [2.45, 2.75) is 51.5 Å². The van der Waals surface area contributed by atoms with Gasteiger partial charge >= 0.3 is 5.97 Å². The summed E-state index contributed by atoms with van der Waals surface area (Å²) in [7, 11) is 0. The van der Waals surface area contributed by atoms with E-state index in [1.807, 2.05) is 18.2 Å². The molecule has 5 heterocycles. The lowest BCUT2D eigenvalue weighted by Gasteiger charge is -2.36. The number of nitrogens with one attached hydrogen (secondary N) is 1. The first-order valence-corrected chi connectivity index (χ1v) is 13.8. The van der Waals surface area contributed by atoms with Crippen molar-refractivity contribution in [2.75, 3.05) is 19.7 Å². The van der Waals surface area contributed by atoms with E-state index in [9.17, 15) is 14.3 Å². The van der Waals surface area contributed by atoms with Gasteiger partial charge in [-0.3, -0.25) is 4.90 Å². The molecule has 0 amide bonds. The van der Waals surface area contributed by atoms with Gasteiger partial charge in [0.2, 0.25) is 5.88 Å². The van der Waals surface area contributed by atoms with Crippen molar-refractivity contribution < 1.29 is 23.8 Å². The first-order valence-electron chi connectivity index (χ1n) is 13.8. The van der Waals surface area contributed by atoms with Crippen LogP contribution in [0.1, 0.15) is 58.8 Å². The molecule has 6 rings (SSSR count). The van der Waals surface area contributed by atoms with Crippen LogP contribution in [0, 0.1) is 23.1 Å². The fourth-order valence-electron chi connectivity index (χ4n) is 5.74. The first kappa shape index (κ1) is 26.9. The van der Waals surface area contributed by atoms with Crippen LogP contribution in [0.4, 0.5) is 4.39 Å². The van der Waals surface area contributed by atoms with Crippen LogP contribution in [0.3, 0.4) is 0 Å². The molecule has 2 aliphatic heterocycles. The van der Waals surface area contributed by atoms with Gasteiger partial charge in [-0.15, -0.1) is 0 Å². The molecule has 0 bridgehead atoms. The minimum atomic E-state index is -1.00. The number of aromatic nitrogens is 4. The fraction of sp³-hybridized carbons (Fsp3) is 0.400.